The van der Waals surface area contributed by atoms with Crippen LogP contribution in [0.5, 0.6) is 0 Å². The van der Waals surface area contributed by atoms with Crippen LogP contribution in [-0.2, 0) is 0 Å². The summed E-state index contributed by atoms with van der Waals surface area (Å²) in [6.07, 6.45) is 7.54. The monoisotopic (exact) mass is 261 g/mol. The molecule has 2 aliphatic rings. The Bertz CT molecular complexity index is 499. The van der Waals surface area contributed by atoms with Crippen LogP contribution in [0.15, 0.2) is 12.3 Å². The van der Waals surface area contributed by atoms with E-state index in [2.05, 4.69) is 19.2 Å². The second kappa shape index (κ2) is 4.29. The summed E-state index contributed by atoms with van der Waals surface area (Å²) in [6, 6.07) is 2.60. The van der Waals surface area contributed by atoms with Crippen molar-refractivity contribution in [3.05, 3.63) is 18.0 Å². The predicted octanol–water partition coefficient (Wildman–Crippen LogP) is 2.71. The van der Waals surface area contributed by atoms with Gasteiger partial charge in [0.05, 0.1) is 5.69 Å². The average Bonchev–Trinajstić information content (AvgIpc) is 3.01. The number of amides is 1. The van der Waals surface area contributed by atoms with Gasteiger partial charge in [-0.05, 0) is 43.6 Å². The number of nitrogen functional groups attached to an aromatic ring is 1. The molecule has 1 heterocycles. The minimum Gasteiger partial charge on any atom is -0.397 e. The highest BCUT2D eigenvalue weighted by Crippen LogP contribution is 2.38. The second-order valence-electron chi connectivity index (χ2n) is 6.87. The van der Waals surface area contributed by atoms with Crippen LogP contribution in [0.3, 0.4) is 0 Å². The highest BCUT2D eigenvalue weighted by Gasteiger charge is 2.33. The molecular weight excluding hydrogens is 238 g/mol. The van der Waals surface area contributed by atoms with Crippen molar-refractivity contribution in [1.29, 1.82) is 0 Å². The first-order valence-corrected chi connectivity index (χ1v) is 7.23. The van der Waals surface area contributed by atoms with Gasteiger partial charge < -0.3 is 15.6 Å². The fraction of sp³-hybridized carbons (Fsp3) is 0.667. The Morgan fingerprint density at radius 3 is 2.74 bits per heavy atom. The van der Waals surface area contributed by atoms with E-state index in [0.29, 0.717) is 23.2 Å². The molecule has 0 saturated heterocycles. The van der Waals surface area contributed by atoms with Gasteiger partial charge in [0.25, 0.3) is 5.91 Å². The van der Waals surface area contributed by atoms with Gasteiger partial charge in [0.2, 0.25) is 0 Å². The Morgan fingerprint density at radius 2 is 2.16 bits per heavy atom. The van der Waals surface area contributed by atoms with E-state index in [1.807, 2.05) is 10.8 Å². The van der Waals surface area contributed by atoms with Gasteiger partial charge in [-0.15, -0.1) is 0 Å². The second-order valence-corrected chi connectivity index (χ2v) is 6.87. The molecule has 3 rings (SSSR count). The molecule has 0 aromatic carbocycles. The van der Waals surface area contributed by atoms with Crippen LogP contribution < -0.4 is 11.1 Å². The van der Waals surface area contributed by atoms with E-state index in [0.717, 1.165) is 31.4 Å². The third-order valence-electron chi connectivity index (χ3n) is 4.35. The summed E-state index contributed by atoms with van der Waals surface area (Å²) in [7, 11) is 0. The summed E-state index contributed by atoms with van der Waals surface area (Å²) in [4.78, 5) is 12.4. The van der Waals surface area contributed by atoms with E-state index in [1.54, 1.807) is 6.07 Å². The van der Waals surface area contributed by atoms with E-state index < -0.39 is 0 Å². The Morgan fingerprint density at radius 1 is 1.42 bits per heavy atom. The maximum Gasteiger partial charge on any atom is 0.268 e. The molecule has 0 spiro atoms. The summed E-state index contributed by atoms with van der Waals surface area (Å²) in [6.45, 7) is 4.54. The molecule has 2 aliphatic carbocycles. The first kappa shape index (κ1) is 12.6. The Labute approximate surface area is 114 Å². The first-order chi connectivity index (χ1) is 8.94. The number of anilines is 1. The molecule has 3 N–H and O–H groups in total. The van der Waals surface area contributed by atoms with Gasteiger partial charge in [0.1, 0.15) is 5.69 Å². The lowest BCUT2D eigenvalue weighted by molar-refractivity contribution is 0.0926. The number of nitrogens with two attached hydrogens (primary N) is 1. The zero-order chi connectivity index (χ0) is 13.6. The fourth-order valence-electron chi connectivity index (χ4n) is 3.16. The quantitative estimate of drug-likeness (QED) is 0.879. The van der Waals surface area contributed by atoms with E-state index in [-0.39, 0.29) is 5.91 Å². The molecule has 1 unspecified atom stereocenters. The lowest BCUT2D eigenvalue weighted by atomic mass is 9.92. The van der Waals surface area contributed by atoms with Gasteiger partial charge in [0.15, 0.2) is 0 Å². The largest absolute Gasteiger partial charge is 0.397 e. The summed E-state index contributed by atoms with van der Waals surface area (Å²) in [5.41, 5.74) is 7.60. The first-order valence-electron chi connectivity index (χ1n) is 7.23. The van der Waals surface area contributed by atoms with Crippen molar-refractivity contribution in [2.75, 3.05) is 5.73 Å². The van der Waals surface area contributed by atoms with E-state index >= 15 is 0 Å². The number of carbonyl (C=O) groups excluding carboxylic acids is 1. The van der Waals surface area contributed by atoms with Crippen molar-refractivity contribution in [1.82, 2.24) is 9.88 Å². The van der Waals surface area contributed by atoms with Crippen LogP contribution in [0.4, 0.5) is 5.69 Å². The van der Waals surface area contributed by atoms with Gasteiger partial charge >= 0.3 is 0 Å². The number of nitrogens with one attached hydrogen (secondary N) is 1. The van der Waals surface area contributed by atoms with Gasteiger partial charge in [-0.1, -0.05) is 13.8 Å². The minimum absolute atomic E-state index is 0.0336. The molecule has 4 nitrogen and oxygen atoms in total. The normalized spacial score (nSPS) is 25.5. The molecule has 104 valence electrons. The molecular formula is C15H23N3O. The summed E-state index contributed by atoms with van der Waals surface area (Å²) in [5, 5.41) is 3.17. The van der Waals surface area contributed by atoms with Crippen LogP contribution in [0.1, 0.15) is 62.5 Å². The van der Waals surface area contributed by atoms with Crippen molar-refractivity contribution < 1.29 is 4.79 Å². The molecule has 1 atom stereocenters. The van der Waals surface area contributed by atoms with Crippen LogP contribution in [-0.4, -0.2) is 16.5 Å². The molecule has 0 bridgehead atoms. The number of carbonyl (C=O) groups is 1. The van der Waals surface area contributed by atoms with Gasteiger partial charge in [0, 0.05) is 18.3 Å². The number of rotatable bonds is 3. The van der Waals surface area contributed by atoms with Crippen LogP contribution in [0.25, 0.3) is 0 Å². The smallest absolute Gasteiger partial charge is 0.268 e. The summed E-state index contributed by atoms with van der Waals surface area (Å²) >= 11 is 0. The Kier molecular flexibility index (Phi) is 2.84. The zero-order valence-corrected chi connectivity index (χ0v) is 11.8. The van der Waals surface area contributed by atoms with Gasteiger partial charge in [-0.2, -0.15) is 0 Å². The molecule has 0 aliphatic heterocycles. The number of nitrogens with zero attached hydrogens (tertiary/aromatic N) is 1. The molecule has 1 aromatic heterocycles. The van der Waals surface area contributed by atoms with Gasteiger partial charge in [-0.25, -0.2) is 0 Å². The van der Waals surface area contributed by atoms with Crippen LogP contribution in [0.2, 0.25) is 0 Å². The molecule has 0 radical (unpaired) electrons. The van der Waals surface area contributed by atoms with E-state index in [9.17, 15) is 4.79 Å². The lowest BCUT2D eigenvalue weighted by Crippen LogP contribution is -2.34. The van der Waals surface area contributed by atoms with Crippen molar-refractivity contribution in [2.45, 2.75) is 58.0 Å². The summed E-state index contributed by atoms with van der Waals surface area (Å²) in [5.74, 6) is 0.0336. The predicted molar refractivity (Wildman–Crippen MR) is 76.0 cm³/mol. The SMILES string of the molecule is CC1(C)CCC(NC(=O)c2cc(N)cn2C2CC2)C1. The standard InChI is InChI=1S/C15H23N3O/c1-15(2)6-5-11(8-15)17-14(19)13-7-10(16)9-18(13)12-3-4-12/h7,9,11-12H,3-6,8,16H2,1-2H3,(H,17,19). The minimum atomic E-state index is 0.0336. The summed E-state index contributed by atoms with van der Waals surface area (Å²) < 4.78 is 2.05. The Balaban J connectivity index is 1.70. The van der Waals surface area contributed by atoms with Gasteiger partial charge in [-0.3, -0.25) is 4.79 Å². The zero-order valence-electron chi connectivity index (χ0n) is 11.8. The van der Waals surface area contributed by atoms with Crippen molar-refractivity contribution in [2.24, 2.45) is 5.41 Å². The van der Waals surface area contributed by atoms with Crippen LogP contribution in [0, 0.1) is 5.41 Å². The third kappa shape index (κ3) is 2.62. The topological polar surface area (TPSA) is 60.1 Å². The lowest BCUT2D eigenvalue weighted by Gasteiger charge is -2.18. The molecule has 2 saturated carbocycles. The van der Waals surface area contributed by atoms with Crippen molar-refractivity contribution in [3.8, 4) is 0 Å². The highest BCUT2D eigenvalue weighted by atomic mass is 16.2. The molecule has 4 heteroatoms. The van der Waals surface area contributed by atoms with E-state index in [1.165, 1.54) is 6.42 Å². The maximum atomic E-state index is 12.4. The number of hydrogen-bond acceptors (Lipinski definition) is 2. The molecule has 1 aromatic rings. The average molecular weight is 261 g/mol. The molecule has 1 amide bonds. The molecule has 2 fully saturated rings. The third-order valence-corrected chi connectivity index (χ3v) is 4.35. The van der Waals surface area contributed by atoms with Crippen molar-refractivity contribution >= 4 is 11.6 Å². The molecule has 19 heavy (non-hydrogen) atoms. The van der Waals surface area contributed by atoms with Crippen molar-refractivity contribution in [3.63, 3.8) is 0 Å². The Hall–Kier alpha value is -1.45. The number of aromatic nitrogens is 1. The highest BCUT2D eigenvalue weighted by molar-refractivity contribution is 5.94. The number of hydrogen-bond donors (Lipinski definition) is 2. The van der Waals surface area contributed by atoms with Crippen LogP contribution >= 0.6 is 0 Å². The van der Waals surface area contributed by atoms with E-state index in [4.69, 9.17) is 5.73 Å². The fourth-order valence-corrected chi connectivity index (χ4v) is 3.16. The maximum absolute atomic E-state index is 12.4.